The normalized spacial score (nSPS) is 24.6. The number of halogens is 1. The Balaban J connectivity index is 2.13. The average Bonchev–Trinajstić information content (AvgIpc) is 1.90. The molecule has 0 unspecified atom stereocenters. The number of hydrogen-bond acceptors (Lipinski definition) is 3. The second kappa shape index (κ2) is 3.60. The van der Waals surface area contributed by atoms with Crippen molar-refractivity contribution in [1.29, 1.82) is 0 Å². The molecule has 0 spiro atoms. The Morgan fingerprint density at radius 1 is 1.50 bits per heavy atom. The molecule has 0 aliphatic carbocycles. The molecule has 1 aliphatic heterocycles. The number of hydrogen-bond donors (Lipinski definition) is 0. The maximum atomic E-state index is 5.09. The van der Waals surface area contributed by atoms with E-state index in [1.54, 1.807) is 0 Å². The van der Waals surface area contributed by atoms with E-state index < -0.39 is 0 Å². The van der Waals surface area contributed by atoms with Crippen molar-refractivity contribution >= 4 is 0 Å². The molecule has 4 heteroatoms. The summed E-state index contributed by atoms with van der Waals surface area (Å²) in [6.45, 7) is 4.65. The van der Waals surface area contributed by atoms with E-state index in [-0.39, 0.29) is 22.0 Å². The number of rotatable bonds is 1. The van der Waals surface area contributed by atoms with Crippen LogP contribution in [0.2, 0.25) is 0 Å². The zero-order valence-corrected chi connectivity index (χ0v) is 6.92. The first-order chi connectivity index (χ1) is 3.93. The molecule has 3 nitrogen and oxygen atoms in total. The molecule has 0 aromatic heterocycles. The van der Waals surface area contributed by atoms with Crippen molar-refractivity contribution in [1.82, 2.24) is 4.90 Å². The summed E-state index contributed by atoms with van der Waals surface area (Å²) in [6.07, 6.45) is 0. The monoisotopic (exact) mass is 230 g/mol. The van der Waals surface area contributed by atoms with Crippen molar-refractivity contribution in [2.45, 2.75) is 6.92 Å². The van der Waals surface area contributed by atoms with E-state index in [0.717, 1.165) is 20.0 Å². The van der Waals surface area contributed by atoms with Crippen molar-refractivity contribution in [3.8, 4) is 0 Å². The summed E-state index contributed by atoms with van der Waals surface area (Å²) >= 11 is -0.360. The van der Waals surface area contributed by atoms with Crippen LogP contribution in [0.5, 0.6) is 0 Å². The fourth-order valence-corrected chi connectivity index (χ4v) is 1.62. The van der Waals surface area contributed by atoms with Gasteiger partial charge in [0, 0.05) is 0 Å². The molecular weight excluding hydrogens is 221 g/mol. The quantitative estimate of drug-likeness (QED) is 0.454. The van der Waals surface area contributed by atoms with Crippen LogP contribution in [0.4, 0.5) is 0 Å². The second-order valence-electron chi connectivity index (χ2n) is 1.53. The van der Waals surface area contributed by atoms with E-state index in [9.17, 15) is 0 Å². The van der Waals surface area contributed by atoms with E-state index in [2.05, 4.69) is 11.8 Å². The van der Waals surface area contributed by atoms with Crippen LogP contribution in [-0.2, 0) is 6.13 Å². The van der Waals surface area contributed by atoms with E-state index in [0.29, 0.717) is 0 Å². The molecule has 0 N–H and O–H groups in total. The van der Waals surface area contributed by atoms with Crippen molar-refractivity contribution in [3.63, 3.8) is 0 Å². The Kier molecular flexibility index (Phi) is 3.03. The second-order valence-corrected chi connectivity index (χ2v) is 3.13. The molecule has 1 fully saturated rings. The van der Waals surface area contributed by atoms with Gasteiger partial charge in [0.1, 0.15) is 0 Å². The fraction of sp³-hybridized carbons (Fsp3) is 1.00. The van der Waals surface area contributed by atoms with Gasteiger partial charge in [0.15, 0.2) is 0 Å². The molecule has 1 aliphatic rings. The molecule has 0 aromatic rings. The SMILES string of the molecule is CCN1CO[I-]OC1. The van der Waals surface area contributed by atoms with Gasteiger partial charge in [0.25, 0.3) is 0 Å². The third-order valence-corrected chi connectivity index (χ3v) is 2.06. The summed E-state index contributed by atoms with van der Waals surface area (Å²) < 4.78 is 10.2. The van der Waals surface area contributed by atoms with E-state index in [4.69, 9.17) is 6.13 Å². The van der Waals surface area contributed by atoms with Gasteiger partial charge in [-0.1, -0.05) is 0 Å². The third kappa shape index (κ3) is 1.85. The molecule has 0 radical (unpaired) electrons. The summed E-state index contributed by atoms with van der Waals surface area (Å²) in [7, 11) is 0. The van der Waals surface area contributed by atoms with Crippen LogP contribution in [0.1, 0.15) is 6.92 Å². The molecule has 0 aromatic carbocycles. The molecule has 8 heavy (non-hydrogen) atoms. The molecule has 1 rings (SSSR count). The third-order valence-electron chi connectivity index (χ3n) is 0.999. The van der Waals surface area contributed by atoms with Gasteiger partial charge in [0.05, 0.1) is 0 Å². The summed E-state index contributed by atoms with van der Waals surface area (Å²) in [5, 5.41) is 0. The van der Waals surface area contributed by atoms with Crippen LogP contribution in [0.25, 0.3) is 0 Å². The summed E-state index contributed by atoms with van der Waals surface area (Å²) in [5.74, 6) is 0. The van der Waals surface area contributed by atoms with Crippen molar-refractivity contribution in [3.05, 3.63) is 0 Å². The van der Waals surface area contributed by atoms with Gasteiger partial charge in [-0.15, -0.1) is 0 Å². The van der Waals surface area contributed by atoms with Gasteiger partial charge in [-0.2, -0.15) is 0 Å². The van der Waals surface area contributed by atoms with Crippen LogP contribution in [-0.4, -0.2) is 24.9 Å². The van der Waals surface area contributed by atoms with Gasteiger partial charge in [-0.3, -0.25) is 0 Å². The predicted octanol–water partition coefficient (Wildman–Crippen LogP) is -2.81. The van der Waals surface area contributed by atoms with E-state index in [1.807, 2.05) is 0 Å². The van der Waals surface area contributed by atoms with E-state index >= 15 is 0 Å². The van der Waals surface area contributed by atoms with Gasteiger partial charge < -0.3 is 0 Å². The summed E-state index contributed by atoms with van der Waals surface area (Å²) in [4.78, 5) is 2.10. The Hall–Kier alpha value is 0.610. The number of nitrogens with zero attached hydrogens (tertiary/aromatic N) is 1. The average molecular weight is 230 g/mol. The Morgan fingerprint density at radius 2 is 2.12 bits per heavy atom. The van der Waals surface area contributed by atoms with Crippen LogP contribution < -0.4 is 22.0 Å². The Bertz CT molecular complexity index is 65.1. The van der Waals surface area contributed by atoms with Crippen molar-refractivity contribution < 1.29 is 28.2 Å². The standard InChI is InChI=1S/C4H9INO2/c1-2-6-3-7-5-8-4-6/h2-4H2,1H3/q-1. The summed E-state index contributed by atoms with van der Waals surface area (Å²) in [5.41, 5.74) is 0. The fourth-order valence-electron chi connectivity index (χ4n) is 0.429. The maximum absolute atomic E-state index is 5.09. The molecule has 0 saturated carbocycles. The van der Waals surface area contributed by atoms with E-state index in [1.165, 1.54) is 0 Å². The van der Waals surface area contributed by atoms with Crippen LogP contribution in [0.15, 0.2) is 0 Å². The molecular formula is C4H9INO2-. The topological polar surface area (TPSA) is 21.7 Å². The minimum absolute atomic E-state index is 0.360. The molecule has 0 bridgehead atoms. The van der Waals surface area contributed by atoms with Gasteiger partial charge in [-0.05, 0) is 0 Å². The molecule has 1 saturated heterocycles. The molecule has 1 heterocycles. The minimum atomic E-state index is -0.360. The molecule has 50 valence electrons. The van der Waals surface area contributed by atoms with Gasteiger partial charge in [0.2, 0.25) is 0 Å². The van der Waals surface area contributed by atoms with Crippen LogP contribution in [0.3, 0.4) is 0 Å². The van der Waals surface area contributed by atoms with Crippen LogP contribution >= 0.6 is 0 Å². The zero-order chi connectivity index (χ0) is 5.82. The molecule has 0 atom stereocenters. The van der Waals surface area contributed by atoms with Gasteiger partial charge >= 0.3 is 60.0 Å². The Labute approximate surface area is 60.3 Å². The first kappa shape index (κ1) is 6.73. The first-order valence-electron chi connectivity index (χ1n) is 2.54. The van der Waals surface area contributed by atoms with Crippen LogP contribution in [0, 0.1) is 0 Å². The zero-order valence-electron chi connectivity index (χ0n) is 4.76. The first-order valence-corrected chi connectivity index (χ1v) is 4.30. The summed E-state index contributed by atoms with van der Waals surface area (Å²) in [6, 6.07) is 0. The Morgan fingerprint density at radius 3 is 2.50 bits per heavy atom. The van der Waals surface area contributed by atoms with Crippen molar-refractivity contribution in [2.24, 2.45) is 0 Å². The van der Waals surface area contributed by atoms with Gasteiger partial charge in [-0.25, -0.2) is 0 Å². The van der Waals surface area contributed by atoms with Crippen molar-refractivity contribution in [2.75, 3.05) is 20.0 Å². The predicted molar refractivity (Wildman–Crippen MR) is 24.3 cm³/mol. The molecule has 0 amide bonds.